The van der Waals surface area contributed by atoms with Gasteiger partial charge in [-0.25, -0.2) is 4.39 Å². The van der Waals surface area contributed by atoms with Gasteiger partial charge in [0.1, 0.15) is 5.82 Å². The molecule has 1 aromatic rings. The van der Waals surface area contributed by atoms with E-state index in [1.165, 1.54) is 12.1 Å². The Morgan fingerprint density at radius 1 is 1.22 bits per heavy atom. The Kier molecular flexibility index (Phi) is 6.40. The summed E-state index contributed by atoms with van der Waals surface area (Å²) in [6, 6.07) is 3.23. The monoisotopic (exact) mass is 291 g/mol. The fourth-order valence-corrected chi connectivity index (χ4v) is 2.66. The number of rotatable bonds is 6. The van der Waals surface area contributed by atoms with Crippen molar-refractivity contribution in [2.45, 2.75) is 45.6 Å². The Morgan fingerprint density at radius 2 is 1.89 bits per heavy atom. The molecule has 2 atom stereocenters. The molecule has 0 fully saturated rings. The maximum Gasteiger partial charge on any atom is 0.142 e. The summed E-state index contributed by atoms with van der Waals surface area (Å²) in [5, 5.41) is 4.07. The van der Waals surface area contributed by atoms with E-state index in [-0.39, 0.29) is 10.9 Å². The number of halogens is 3. The molecule has 0 aliphatic carbocycles. The van der Waals surface area contributed by atoms with Gasteiger partial charge in [-0.05, 0) is 43.0 Å². The third-order valence-electron chi connectivity index (χ3n) is 3.23. The molecule has 2 unspecified atom stereocenters. The van der Waals surface area contributed by atoms with Crippen molar-refractivity contribution in [2.75, 3.05) is 6.54 Å². The molecule has 1 N–H and O–H groups in total. The van der Waals surface area contributed by atoms with E-state index in [2.05, 4.69) is 26.1 Å². The molecule has 0 bridgehead atoms. The zero-order chi connectivity index (χ0) is 13.7. The van der Waals surface area contributed by atoms with Gasteiger partial charge in [0.25, 0.3) is 0 Å². The van der Waals surface area contributed by atoms with Crippen LogP contribution in [0, 0.1) is 5.82 Å². The quantitative estimate of drug-likeness (QED) is 0.726. The summed E-state index contributed by atoms with van der Waals surface area (Å²) in [6.07, 6.45) is 2.05. The van der Waals surface area contributed by atoms with E-state index in [1.807, 2.05) is 0 Å². The fourth-order valence-electron chi connectivity index (χ4n) is 2.11. The fraction of sp³-hybridized carbons (Fsp3) is 0.571. The smallest absolute Gasteiger partial charge is 0.142 e. The van der Waals surface area contributed by atoms with E-state index in [4.69, 9.17) is 23.2 Å². The summed E-state index contributed by atoms with van der Waals surface area (Å²) < 4.78 is 13.5. The Labute approximate surface area is 119 Å². The Balaban J connectivity index is 2.94. The molecule has 0 spiro atoms. The first-order valence-electron chi connectivity index (χ1n) is 6.39. The zero-order valence-corrected chi connectivity index (χ0v) is 12.6. The summed E-state index contributed by atoms with van der Waals surface area (Å²) in [5.74, 6) is -0.255. The van der Waals surface area contributed by atoms with E-state index in [9.17, 15) is 4.39 Å². The summed E-state index contributed by atoms with van der Waals surface area (Å²) in [5.41, 5.74) is 0.814. The first-order valence-corrected chi connectivity index (χ1v) is 7.14. The van der Waals surface area contributed by atoms with E-state index in [0.717, 1.165) is 24.9 Å². The molecule has 102 valence electrons. The van der Waals surface area contributed by atoms with Gasteiger partial charge in [0.05, 0.1) is 5.02 Å². The standard InChI is InChI=1S/C14H20Cl2FN/c1-4-6-18-14(5-2)9(3)10-7-13(17)12(16)8-11(10)15/h7-9,14,18H,4-6H2,1-3H3. The summed E-state index contributed by atoms with van der Waals surface area (Å²) in [7, 11) is 0. The number of nitrogens with one attached hydrogen (secondary N) is 1. The molecular formula is C14H20Cl2FN. The van der Waals surface area contributed by atoms with Crippen LogP contribution < -0.4 is 5.32 Å². The minimum atomic E-state index is -0.409. The molecule has 0 aromatic heterocycles. The van der Waals surface area contributed by atoms with Crippen LogP contribution in [-0.2, 0) is 0 Å². The number of hydrogen-bond acceptors (Lipinski definition) is 1. The van der Waals surface area contributed by atoms with Crippen LogP contribution in [0.1, 0.15) is 45.1 Å². The third-order valence-corrected chi connectivity index (χ3v) is 3.85. The molecule has 0 radical (unpaired) electrons. The second kappa shape index (κ2) is 7.32. The molecule has 0 heterocycles. The average molecular weight is 292 g/mol. The largest absolute Gasteiger partial charge is 0.313 e. The predicted molar refractivity (Wildman–Crippen MR) is 77.2 cm³/mol. The molecule has 4 heteroatoms. The highest BCUT2D eigenvalue weighted by Crippen LogP contribution is 2.32. The molecular weight excluding hydrogens is 272 g/mol. The van der Waals surface area contributed by atoms with Gasteiger partial charge in [0, 0.05) is 11.1 Å². The molecule has 0 aliphatic rings. The van der Waals surface area contributed by atoms with Crippen molar-refractivity contribution in [1.82, 2.24) is 5.32 Å². The lowest BCUT2D eigenvalue weighted by atomic mass is 9.91. The van der Waals surface area contributed by atoms with Crippen LogP contribution in [0.3, 0.4) is 0 Å². The van der Waals surface area contributed by atoms with Crippen molar-refractivity contribution >= 4 is 23.2 Å². The van der Waals surface area contributed by atoms with Crippen LogP contribution in [0.4, 0.5) is 4.39 Å². The van der Waals surface area contributed by atoms with E-state index < -0.39 is 5.82 Å². The molecule has 1 nitrogen and oxygen atoms in total. The highest BCUT2D eigenvalue weighted by atomic mass is 35.5. The van der Waals surface area contributed by atoms with Gasteiger partial charge in [-0.2, -0.15) is 0 Å². The lowest BCUT2D eigenvalue weighted by Gasteiger charge is -2.25. The topological polar surface area (TPSA) is 12.0 Å². The van der Waals surface area contributed by atoms with E-state index >= 15 is 0 Å². The molecule has 1 rings (SSSR count). The first-order chi connectivity index (χ1) is 8.51. The first kappa shape index (κ1) is 15.7. The maximum atomic E-state index is 13.5. The van der Waals surface area contributed by atoms with Gasteiger partial charge in [-0.15, -0.1) is 0 Å². The zero-order valence-electron chi connectivity index (χ0n) is 11.1. The van der Waals surface area contributed by atoms with E-state index in [0.29, 0.717) is 11.1 Å². The molecule has 0 aliphatic heterocycles. The van der Waals surface area contributed by atoms with Crippen LogP contribution >= 0.6 is 23.2 Å². The molecule has 0 amide bonds. The van der Waals surface area contributed by atoms with Gasteiger partial charge in [-0.1, -0.05) is 44.0 Å². The number of hydrogen-bond donors (Lipinski definition) is 1. The Hall–Kier alpha value is -0.310. The van der Waals surface area contributed by atoms with Crippen molar-refractivity contribution in [3.8, 4) is 0 Å². The lowest BCUT2D eigenvalue weighted by Crippen LogP contribution is -2.33. The van der Waals surface area contributed by atoms with Gasteiger partial charge in [0.15, 0.2) is 0 Å². The minimum absolute atomic E-state index is 0.0746. The second-order valence-electron chi connectivity index (χ2n) is 4.55. The lowest BCUT2D eigenvalue weighted by molar-refractivity contribution is 0.437. The normalized spacial score (nSPS) is 14.6. The van der Waals surface area contributed by atoms with E-state index in [1.54, 1.807) is 0 Å². The van der Waals surface area contributed by atoms with Crippen LogP contribution in [0.2, 0.25) is 10.0 Å². The van der Waals surface area contributed by atoms with Gasteiger partial charge in [0.2, 0.25) is 0 Å². The van der Waals surface area contributed by atoms with Crippen molar-refractivity contribution in [3.63, 3.8) is 0 Å². The van der Waals surface area contributed by atoms with Gasteiger partial charge < -0.3 is 5.32 Å². The molecule has 18 heavy (non-hydrogen) atoms. The Morgan fingerprint density at radius 3 is 2.44 bits per heavy atom. The molecule has 0 saturated carbocycles. The van der Waals surface area contributed by atoms with Crippen molar-refractivity contribution < 1.29 is 4.39 Å². The highest BCUT2D eigenvalue weighted by Gasteiger charge is 2.20. The van der Waals surface area contributed by atoms with Crippen LogP contribution in [0.15, 0.2) is 12.1 Å². The SMILES string of the molecule is CCCNC(CC)C(C)c1cc(F)c(Cl)cc1Cl. The highest BCUT2D eigenvalue weighted by molar-refractivity contribution is 6.35. The summed E-state index contributed by atoms with van der Waals surface area (Å²) in [6.45, 7) is 7.26. The van der Waals surface area contributed by atoms with Crippen molar-refractivity contribution in [2.24, 2.45) is 0 Å². The van der Waals surface area contributed by atoms with Gasteiger partial charge in [-0.3, -0.25) is 0 Å². The molecule has 0 saturated heterocycles. The second-order valence-corrected chi connectivity index (χ2v) is 5.36. The maximum absolute atomic E-state index is 13.5. The van der Waals surface area contributed by atoms with Gasteiger partial charge >= 0.3 is 0 Å². The molecule has 1 aromatic carbocycles. The van der Waals surface area contributed by atoms with Crippen molar-refractivity contribution in [1.29, 1.82) is 0 Å². The van der Waals surface area contributed by atoms with Crippen LogP contribution in [-0.4, -0.2) is 12.6 Å². The summed E-state index contributed by atoms with van der Waals surface area (Å²) >= 11 is 11.9. The third kappa shape index (κ3) is 3.84. The average Bonchev–Trinajstić information content (AvgIpc) is 2.34. The summed E-state index contributed by atoms with van der Waals surface area (Å²) in [4.78, 5) is 0. The van der Waals surface area contributed by atoms with Crippen LogP contribution in [0.5, 0.6) is 0 Å². The minimum Gasteiger partial charge on any atom is -0.313 e. The number of benzene rings is 1. The Bertz CT molecular complexity index is 396. The van der Waals surface area contributed by atoms with Crippen LogP contribution in [0.25, 0.3) is 0 Å². The predicted octanol–water partition coefficient (Wildman–Crippen LogP) is 5.01. The van der Waals surface area contributed by atoms with Crippen molar-refractivity contribution in [3.05, 3.63) is 33.6 Å².